The zero-order valence-electron chi connectivity index (χ0n) is 10.8. The van der Waals surface area contributed by atoms with Gasteiger partial charge in [-0.05, 0) is 30.5 Å². The summed E-state index contributed by atoms with van der Waals surface area (Å²) in [4.78, 5) is 6.90. The van der Waals surface area contributed by atoms with Crippen molar-refractivity contribution < 1.29 is 0 Å². The van der Waals surface area contributed by atoms with Gasteiger partial charge in [-0.2, -0.15) is 0 Å². The topological polar surface area (TPSA) is 47.1 Å². The van der Waals surface area contributed by atoms with Crippen LogP contribution in [0.5, 0.6) is 0 Å². The summed E-state index contributed by atoms with van der Waals surface area (Å²) in [6, 6.07) is 6.17. The predicted octanol–water partition coefficient (Wildman–Crippen LogP) is 1.87. The largest absolute Gasteiger partial charge is 0.398 e. The highest BCUT2D eigenvalue weighted by Gasteiger charge is 2.20. The van der Waals surface area contributed by atoms with Gasteiger partial charge in [0.25, 0.3) is 0 Å². The van der Waals surface area contributed by atoms with E-state index < -0.39 is 0 Å². The number of rotatable bonds is 1. The van der Waals surface area contributed by atoms with Crippen molar-refractivity contribution in [1.82, 2.24) is 9.55 Å². The molecular formula is C14H18N4. The van der Waals surface area contributed by atoms with E-state index in [1.807, 2.05) is 26.1 Å². The van der Waals surface area contributed by atoms with E-state index in [-0.39, 0.29) is 0 Å². The minimum atomic E-state index is 0.894. The molecule has 94 valence electrons. The van der Waals surface area contributed by atoms with Crippen molar-refractivity contribution in [2.24, 2.45) is 7.05 Å². The third-order valence-electron chi connectivity index (χ3n) is 3.56. The van der Waals surface area contributed by atoms with Crippen molar-refractivity contribution in [3.8, 4) is 0 Å². The molecule has 2 aromatic rings. The first-order valence-corrected chi connectivity index (χ1v) is 6.26. The molecule has 1 aromatic heterocycles. The Kier molecular flexibility index (Phi) is 2.51. The Hall–Kier alpha value is -1.97. The Balaban J connectivity index is 1.94. The number of anilines is 2. The molecule has 1 aromatic carbocycles. The quantitative estimate of drug-likeness (QED) is 0.777. The number of hydrogen-bond acceptors (Lipinski definition) is 3. The molecule has 0 unspecified atom stereocenters. The number of hydrogen-bond donors (Lipinski definition) is 1. The molecule has 3 rings (SSSR count). The highest BCUT2D eigenvalue weighted by molar-refractivity contribution is 5.54. The van der Waals surface area contributed by atoms with Crippen LogP contribution >= 0.6 is 0 Å². The van der Waals surface area contributed by atoms with Crippen LogP contribution in [0.15, 0.2) is 24.4 Å². The van der Waals surface area contributed by atoms with Crippen LogP contribution < -0.4 is 10.6 Å². The van der Waals surface area contributed by atoms with Crippen molar-refractivity contribution in [3.63, 3.8) is 0 Å². The van der Waals surface area contributed by atoms with Gasteiger partial charge in [0.2, 0.25) is 5.95 Å². The minimum absolute atomic E-state index is 0.894. The summed E-state index contributed by atoms with van der Waals surface area (Å²) in [5, 5.41) is 0. The molecule has 1 aliphatic heterocycles. The molecular weight excluding hydrogens is 224 g/mol. The lowest BCUT2D eigenvalue weighted by atomic mass is 9.98. The first kappa shape index (κ1) is 11.1. The number of benzene rings is 1. The second-order valence-corrected chi connectivity index (χ2v) is 4.95. The highest BCUT2D eigenvalue weighted by Crippen LogP contribution is 2.26. The third kappa shape index (κ3) is 1.74. The first-order chi connectivity index (χ1) is 8.65. The molecule has 4 nitrogen and oxygen atoms in total. The summed E-state index contributed by atoms with van der Waals surface area (Å²) in [6.07, 6.45) is 3.05. The lowest BCUT2D eigenvalue weighted by Crippen LogP contribution is -2.32. The van der Waals surface area contributed by atoms with E-state index in [0.29, 0.717) is 0 Å². The molecule has 2 N–H and O–H groups in total. The fourth-order valence-corrected chi connectivity index (χ4v) is 2.71. The number of fused-ring (bicyclic) bond motifs is 1. The van der Waals surface area contributed by atoms with Gasteiger partial charge >= 0.3 is 0 Å². The van der Waals surface area contributed by atoms with Crippen LogP contribution in [0.1, 0.15) is 16.8 Å². The molecule has 0 radical (unpaired) electrons. The van der Waals surface area contributed by atoms with Gasteiger partial charge in [0.1, 0.15) is 0 Å². The molecule has 1 aliphatic rings. The lowest BCUT2D eigenvalue weighted by Gasteiger charge is -2.30. The molecule has 4 heteroatoms. The van der Waals surface area contributed by atoms with Gasteiger partial charge in [-0.3, -0.25) is 0 Å². The van der Waals surface area contributed by atoms with E-state index in [2.05, 4.69) is 26.7 Å². The van der Waals surface area contributed by atoms with E-state index in [1.54, 1.807) is 0 Å². The SMILES string of the molecule is Cc1cn(C)c(N2CCc3c(N)cccc3C2)n1. The lowest BCUT2D eigenvalue weighted by molar-refractivity contribution is 0.689. The summed E-state index contributed by atoms with van der Waals surface area (Å²) in [7, 11) is 2.05. The predicted molar refractivity (Wildman–Crippen MR) is 73.6 cm³/mol. The summed E-state index contributed by atoms with van der Waals surface area (Å²) in [5.41, 5.74) is 10.6. The van der Waals surface area contributed by atoms with E-state index in [0.717, 1.165) is 36.8 Å². The summed E-state index contributed by atoms with van der Waals surface area (Å²) < 4.78 is 2.09. The van der Waals surface area contributed by atoms with Gasteiger partial charge in [0.15, 0.2) is 0 Å². The van der Waals surface area contributed by atoms with Crippen LogP contribution in [-0.2, 0) is 20.0 Å². The standard InChI is InChI=1S/C14H18N4/c1-10-8-17(2)14(16-10)18-7-6-12-11(9-18)4-3-5-13(12)15/h3-5,8H,6-7,9,15H2,1-2H3. The fraction of sp³-hybridized carbons (Fsp3) is 0.357. The first-order valence-electron chi connectivity index (χ1n) is 6.26. The van der Waals surface area contributed by atoms with Crippen molar-refractivity contribution in [1.29, 1.82) is 0 Å². The van der Waals surface area contributed by atoms with Crippen molar-refractivity contribution in [2.45, 2.75) is 19.9 Å². The average Bonchev–Trinajstić information content (AvgIpc) is 2.68. The number of nitrogen functional groups attached to an aromatic ring is 1. The molecule has 18 heavy (non-hydrogen) atoms. The van der Waals surface area contributed by atoms with Crippen molar-refractivity contribution in [3.05, 3.63) is 41.2 Å². The molecule has 0 spiro atoms. The average molecular weight is 242 g/mol. The van der Waals surface area contributed by atoms with Crippen molar-refractivity contribution >= 4 is 11.6 Å². The fourth-order valence-electron chi connectivity index (χ4n) is 2.71. The van der Waals surface area contributed by atoms with Crippen LogP contribution in [0.2, 0.25) is 0 Å². The minimum Gasteiger partial charge on any atom is -0.398 e. The maximum Gasteiger partial charge on any atom is 0.205 e. The second-order valence-electron chi connectivity index (χ2n) is 4.95. The molecule has 0 fully saturated rings. The van der Waals surface area contributed by atoms with Crippen LogP contribution in [0.25, 0.3) is 0 Å². The summed E-state index contributed by atoms with van der Waals surface area (Å²) in [5.74, 6) is 1.04. The molecule has 0 amide bonds. The van der Waals surface area contributed by atoms with E-state index >= 15 is 0 Å². The van der Waals surface area contributed by atoms with Crippen LogP contribution in [-0.4, -0.2) is 16.1 Å². The Bertz CT molecular complexity index is 585. The Labute approximate surface area is 107 Å². The molecule has 0 saturated heterocycles. The normalized spacial score (nSPS) is 14.7. The zero-order chi connectivity index (χ0) is 12.7. The maximum atomic E-state index is 6.02. The van der Waals surface area contributed by atoms with Gasteiger partial charge < -0.3 is 15.2 Å². The van der Waals surface area contributed by atoms with Gasteiger partial charge in [0.05, 0.1) is 5.69 Å². The van der Waals surface area contributed by atoms with E-state index in [4.69, 9.17) is 5.73 Å². The molecule has 0 saturated carbocycles. The summed E-state index contributed by atoms with van der Waals surface area (Å²) in [6.45, 7) is 3.90. The van der Waals surface area contributed by atoms with Gasteiger partial charge in [0, 0.05) is 32.0 Å². The Morgan fingerprint density at radius 1 is 1.33 bits per heavy atom. The molecule has 0 aliphatic carbocycles. The smallest absolute Gasteiger partial charge is 0.205 e. The molecule has 0 bridgehead atoms. The Morgan fingerprint density at radius 2 is 2.17 bits per heavy atom. The van der Waals surface area contributed by atoms with Crippen LogP contribution in [0, 0.1) is 6.92 Å². The molecule has 2 heterocycles. The second kappa shape index (κ2) is 4.05. The van der Waals surface area contributed by atoms with E-state index in [1.165, 1.54) is 11.1 Å². The highest BCUT2D eigenvalue weighted by atomic mass is 15.3. The number of nitrogens with two attached hydrogens (primary N) is 1. The van der Waals surface area contributed by atoms with Crippen LogP contribution in [0.3, 0.4) is 0 Å². The van der Waals surface area contributed by atoms with Gasteiger partial charge in [-0.15, -0.1) is 0 Å². The Morgan fingerprint density at radius 3 is 2.89 bits per heavy atom. The monoisotopic (exact) mass is 242 g/mol. The number of imidazole rings is 1. The van der Waals surface area contributed by atoms with E-state index in [9.17, 15) is 0 Å². The summed E-state index contributed by atoms with van der Waals surface area (Å²) >= 11 is 0. The zero-order valence-corrected chi connectivity index (χ0v) is 10.8. The third-order valence-corrected chi connectivity index (χ3v) is 3.56. The van der Waals surface area contributed by atoms with Gasteiger partial charge in [-0.1, -0.05) is 12.1 Å². The number of nitrogens with zero attached hydrogens (tertiary/aromatic N) is 3. The number of aromatic nitrogens is 2. The van der Waals surface area contributed by atoms with Crippen molar-refractivity contribution in [2.75, 3.05) is 17.2 Å². The number of aryl methyl sites for hydroxylation is 2. The van der Waals surface area contributed by atoms with Crippen LogP contribution in [0.4, 0.5) is 11.6 Å². The molecule has 0 atom stereocenters. The van der Waals surface area contributed by atoms with Gasteiger partial charge in [-0.25, -0.2) is 4.98 Å². The maximum absolute atomic E-state index is 6.02.